The maximum absolute atomic E-state index is 11.6. The first-order chi connectivity index (χ1) is 7.10. The molecule has 2 unspecified atom stereocenters. The molecule has 0 aromatic rings. The second-order valence-electron chi connectivity index (χ2n) is 4.40. The molecule has 0 aliphatic carbocycles. The Morgan fingerprint density at radius 2 is 2.20 bits per heavy atom. The highest BCUT2D eigenvalue weighted by Gasteiger charge is 2.34. The lowest BCUT2D eigenvalue weighted by Gasteiger charge is -2.38. The summed E-state index contributed by atoms with van der Waals surface area (Å²) in [4.78, 5) is 13.9. The Hall–Kier alpha value is -0.610. The van der Waals surface area contributed by atoms with Crippen LogP contribution in [-0.4, -0.2) is 50.2 Å². The molecule has 0 radical (unpaired) electrons. The Labute approximate surface area is 92.0 Å². The molecule has 1 fully saturated rings. The van der Waals surface area contributed by atoms with Crippen molar-refractivity contribution >= 4 is 5.97 Å². The highest BCUT2D eigenvalue weighted by atomic mass is 16.5. The van der Waals surface area contributed by atoms with E-state index in [2.05, 4.69) is 24.1 Å². The smallest absolute Gasteiger partial charge is 0.311 e. The molecule has 0 aromatic heterocycles. The van der Waals surface area contributed by atoms with Gasteiger partial charge in [-0.05, 0) is 33.9 Å². The van der Waals surface area contributed by atoms with Gasteiger partial charge < -0.3 is 10.1 Å². The third-order valence-electron chi connectivity index (χ3n) is 3.25. The largest absolute Gasteiger partial charge is 0.469 e. The molecule has 88 valence electrons. The molecule has 1 aliphatic heterocycles. The lowest BCUT2D eigenvalue weighted by molar-refractivity contribution is -0.148. The van der Waals surface area contributed by atoms with Crippen molar-refractivity contribution in [2.75, 3.05) is 27.2 Å². The van der Waals surface area contributed by atoms with Crippen molar-refractivity contribution in [3.05, 3.63) is 0 Å². The SMILES string of the molecule is CNC1CCN(C(C)C)CC1C(=O)OC. The monoisotopic (exact) mass is 214 g/mol. The van der Waals surface area contributed by atoms with Crippen molar-refractivity contribution in [2.24, 2.45) is 5.92 Å². The molecule has 1 N–H and O–H groups in total. The van der Waals surface area contributed by atoms with Crippen LogP contribution in [-0.2, 0) is 9.53 Å². The number of carbonyl (C=O) groups excluding carboxylic acids is 1. The van der Waals surface area contributed by atoms with Crippen molar-refractivity contribution in [1.29, 1.82) is 0 Å². The average Bonchev–Trinajstić information content (AvgIpc) is 2.27. The van der Waals surface area contributed by atoms with Crippen molar-refractivity contribution < 1.29 is 9.53 Å². The van der Waals surface area contributed by atoms with Gasteiger partial charge in [0.1, 0.15) is 0 Å². The van der Waals surface area contributed by atoms with E-state index < -0.39 is 0 Å². The van der Waals surface area contributed by atoms with Crippen LogP contribution in [0.1, 0.15) is 20.3 Å². The summed E-state index contributed by atoms with van der Waals surface area (Å²) in [6.07, 6.45) is 1.01. The first-order valence-electron chi connectivity index (χ1n) is 5.59. The van der Waals surface area contributed by atoms with Crippen LogP contribution in [0.3, 0.4) is 0 Å². The summed E-state index contributed by atoms with van der Waals surface area (Å²) in [5, 5.41) is 3.20. The van der Waals surface area contributed by atoms with E-state index in [-0.39, 0.29) is 17.9 Å². The molecule has 4 nitrogen and oxygen atoms in total. The van der Waals surface area contributed by atoms with Crippen molar-refractivity contribution in [3.63, 3.8) is 0 Å². The van der Waals surface area contributed by atoms with Gasteiger partial charge in [0, 0.05) is 18.6 Å². The molecule has 0 bridgehead atoms. The standard InChI is InChI=1S/C11H22N2O2/c1-8(2)13-6-5-10(12-3)9(7-13)11(14)15-4/h8-10,12H,5-7H2,1-4H3. The minimum absolute atomic E-state index is 0.0313. The molecule has 1 aliphatic rings. The van der Waals surface area contributed by atoms with Gasteiger partial charge in [-0.25, -0.2) is 0 Å². The van der Waals surface area contributed by atoms with Gasteiger partial charge in [0.2, 0.25) is 0 Å². The summed E-state index contributed by atoms with van der Waals surface area (Å²) >= 11 is 0. The second kappa shape index (κ2) is 5.47. The minimum atomic E-state index is -0.0975. The van der Waals surface area contributed by atoms with Crippen LogP contribution in [0.2, 0.25) is 0 Å². The van der Waals surface area contributed by atoms with Crippen LogP contribution >= 0.6 is 0 Å². The summed E-state index contributed by atoms with van der Waals surface area (Å²) in [5.74, 6) is -0.129. The Kier molecular flexibility index (Phi) is 4.54. The predicted octanol–water partition coefficient (Wildman–Crippen LogP) is 0.478. The maximum Gasteiger partial charge on any atom is 0.311 e. The maximum atomic E-state index is 11.6. The molecule has 0 aromatic carbocycles. The summed E-state index contributed by atoms with van der Waals surface area (Å²) in [6, 6.07) is 0.752. The number of nitrogens with one attached hydrogen (secondary N) is 1. The highest BCUT2D eigenvalue weighted by Crippen LogP contribution is 2.20. The Morgan fingerprint density at radius 1 is 1.53 bits per heavy atom. The zero-order chi connectivity index (χ0) is 11.4. The zero-order valence-corrected chi connectivity index (χ0v) is 10.1. The van der Waals surface area contributed by atoms with Crippen LogP contribution in [0.15, 0.2) is 0 Å². The van der Waals surface area contributed by atoms with Gasteiger partial charge >= 0.3 is 5.97 Å². The highest BCUT2D eigenvalue weighted by molar-refractivity contribution is 5.73. The number of piperidine rings is 1. The molecular weight excluding hydrogens is 192 g/mol. The average molecular weight is 214 g/mol. The minimum Gasteiger partial charge on any atom is -0.469 e. The van der Waals surface area contributed by atoms with E-state index in [1.807, 2.05) is 7.05 Å². The van der Waals surface area contributed by atoms with E-state index in [1.54, 1.807) is 0 Å². The topological polar surface area (TPSA) is 41.6 Å². The van der Waals surface area contributed by atoms with Crippen LogP contribution in [0.25, 0.3) is 0 Å². The van der Waals surface area contributed by atoms with Gasteiger partial charge in [-0.2, -0.15) is 0 Å². The van der Waals surface area contributed by atoms with E-state index in [0.717, 1.165) is 19.5 Å². The molecule has 1 rings (SSSR count). The third-order valence-corrected chi connectivity index (χ3v) is 3.25. The van der Waals surface area contributed by atoms with Gasteiger partial charge in [0.15, 0.2) is 0 Å². The Bertz CT molecular complexity index is 219. The molecular formula is C11H22N2O2. The van der Waals surface area contributed by atoms with Gasteiger partial charge in [-0.1, -0.05) is 0 Å². The normalized spacial score (nSPS) is 28.1. The van der Waals surface area contributed by atoms with E-state index in [0.29, 0.717) is 6.04 Å². The number of hydrogen-bond acceptors (Lipinski definition) is 4. The molecule has 0 amide bonds. The fourth-order valence-corrected chi connectivity index (χ4v) is 2.18. The first kappa shape index (κ1) is 12.5. The lowest BCUT2D eigenvalue weighted by Crippen LogP contribution is -2.53. The number of hydrogen-bond donors (Lipinski definition) is 1. The number of likely N-dealkylation sites (tertiary alicyclic amines) is 1. The van der Waals surface area contributed by atoms with E-state index in [1.165, 1.54) is 7.11 Å². The summed E-state index contributed by atoms with van der Waals surface area (Å²) < 4.78 is 4.84. The molecule has 2 atom stereocenters. The van der Waals surface area contributed by atoms with Crippen LogP contribution in [0.4, 0.5) is 0 Å². The summed E-state index contributed by atoms with van der Waals surface area (Å²) in [6.45, 7) is 6.18. The molecule has 1 saturated heterocycles. The predicted molar refractivity (Wildman–Crippen MR) is 59.7 cm³/mol. The number of carbonyl (C=O) groups is 1. The number of ether oxygens (including phenoxy) is 1. The molecule has 4 heteroatoms. The van der Waals surface area contributed by atoms with Crippen LogP contribution in [0.5, 0.6) is 0 Å². The van der Waals surface area contributed by atoms with Crippen LogP contribution < -0.4 is 5.32 Å². The molecule has 15 heavy (non-hydrogen) atoms. The van der Waals surface area contributed by atoms with E-state index in [4.69, 9.17) is 4.74 Å². The van der Waals surface area contributed by atoms with Gasteiger partial charge in [0.05, 0.1) is 13.0 Å². The number of nitrogens with zero attached hydrogens (tertiary/aromatic N) is 1. The number of methoxy groups -OCH3 is 1. The van der Waals surface area contributed by atoms with Gasteiger partial charge in [0.25, 0.3) is 0 Å². The van der Waals surface area contributed by atoms with Crippen molar-refractivity contribution in [2.45, 2.75) is 32.4 Å². The summed E-state index contributed by atoms with van der Waals surface area (Å²) in [5.41, 5.74) is 0. The van der Waals surface area contributed by atoms with Gasteiger partial charge in [-0.15, -0.1) is 0 Å². The molecule has 0 spiro atoms. The van der Waals surface area contributed by atoms with Gasteiger partial charge in [-0.3, -0.25) is 9.69 Å². The van der Waals surface area contributed by atoms with E-state index >= 15 is 0 Å². The summed E-state index contributed by atoms with van der Waals surface area (Å²) in [7, 11) is 3.37. The van der Waals surface area contributed by atoms with E-state index in [9.17, 15) is 4.79 Å². The van der Waals surface area contributed by atoms with Crippen molar-refractivity contribution in [1.82, 2.24) is 10.2 Å². The Morgan fingerprint density at radius 3 is 2.67 bits per heavy atom. The lowest BCUT2D eigenvalue weighted by atomic mass is 9.91. The second-order valence-corrected chi connectivity index (χ2v) is 4.40. The Balaban J connectivity index is 2.65. The third kappa shape index (κ3) is 2.92. The molecule has 1 heterocycles. The number of esters is 1. The van der Waals surface area contributed by atoms with Crippen LogP contribution in [0, 0.1) is 5.92 Å². The molecule has 0 saturated carbocycles. The fraction of sp³-hybridized carbons (Fsp3) is 0.909. The van der Waals surface area contributed by atoms with Crippen molar-refractivity contribution in [3.8, 4) is 0 Å². The zero-order valence-electron chi connectivity index (χ0n) is 10.1. The number of rotatable bonds is 3. The fourth-order valence-electron chi connectivity index (χ4n) is 2.18. The first-order valence-corrected chi connectivity index (χ1v) is 5.59. The quantitative estimate of drug-likeness (QED) is 0.694.